The molecule has 1 N–H and O–H groups in total. The number of benzene rings is 1. The zero-order valence-corrected chi connectivity index (χ0v) is 11.1. The number of carbonyl (C=O) groups excluding carboxylic acids is 1. The second-order valence-corrected chi connectivity index (χ2v) is 5.21. The van der Waals surface area contributed by atoms with Gasteiger partial charge in [-0.2, -0.15) is 0 Å². The third-order valence-electron chi connectivity index (χ3n) is 2.34. The smallest absolute Gasteiger partial charge is 0.335 e. The van der Waals surface area contributed by atoms with Gasteiger partial charge in [-0.3, -0.25) is 4.79 Å². The molecule has 0 unspecified atom stereocenters. The summed E-state index contributed by atoms with van der Waals surface area (Å²) >= 11 is 0. The number of carboxylic acid groups (broad SMARTS) is 1. The van der Waals surface area contributed by atoms with Crippen molar-refractivity contribution in [2.45, 2.75) is 39.7 Å². The number of aryl methyl sites for hydroxylation is 1. The first-order valence-electron chi connectivity index (χ1n) is 5.74. The molecule has 0 bridgehead atoms. The van der Waals surface area contributed by atoms with Crippen LogP contribution in [0, 0.1) is 6.92 Å². The van der Waals surface area contributed by atoms with Gasteiger partial charge < -0.3 is 9.84 Å². The molecule has 1 aromatic rings. The average Bonchev–Trinajstić information content (AvgIpc) is 2.17. The minimum Gasteiger partial charge on any atom is -0.478 e. The van der Waals surface area contributed by atoms with E-state index in [4.69, 9.17) is 9.84 Å². The van der Waals surface area contributed by atoms with E-state index in [1.165, 1.54) is 6.07 Å². The van der Waals surface area contributed by atoms with Crippen LogP contribution in [-0.2, 0) is 16.0 Å². The molecule has 0 spiro atoms. The topological polar surface area (TPSA) is 63.6 Å². The van der Waals surface area contributed by atoms with Crippen LogP contribution in [0.5, 0.6) is 0 Å². The van der Waals surface area contributed by atoms with Gasteiger partial charge in [-0.05, 0) is 51.0 Å². The molecule has 0 aliphatic rings. The van der Waals surface area contributed by atoms with Crippen LogP contribution in [0.1, 0.15) is 42.3 Å². The second-order valence-electron chi connectivity index (χ2n) is 5.21. The molecule has 0 fully saturated rings. The van der Waals surface area contributed by atoms with E-state index >= 15 is 0 Å². The Kier molecular flexibility index (Phi) is 4.11. The molecule has 0 radical (unpaired) electrons. The molecule has 98 valence electrons. The predicted octanol–water partition coefficient (Wildman–Crippen LogP) is 2.58. The SMILES string of the molecule is Cc1cc(C(=O)O)ccc1CC(=O)OC(C)(C)C. The van der Waals surface area contributed by atoms with E-state index in [1.807, 2.05) is 20.8 Å². The molecule has 0 aromatic heterocycles. The maximum absolute atomic E-state index is 11.7. The summed E-state index contributed by atoms with van der Waals surface area (Å²) in [6, 6.07) is 4.71. The standard InChI is InChI=1S/C14H18O4/c1-9-7-11(13(16)17)6-5-10(9)8-12(15)18-14(2,3)4/h5-7H,8H2,1-4H3,(H,16,17). The summed E-state index contributed by atoms with van der Waals surface area (Å²) < 4.78 is 5.22. The summed E-state index contributed by atoms with van der Waals surface area (Å²) in [6.07, 6.45) is 0.156. The highest BCUT2D eigenvalue weighted by Gasteiger charge is 2.17. The van der Waals surface area contributed by atoms with E-state index < -0.39 is 11.6 Å². The van der Waals surface area contributed by atoms with E-state index in [-0.39, 0.29) is 18.0 Å². The molecular formula is C14H18O4. The van der Waals surface area contributed by atoms with Crippen molar-refractivity contribution in [1.82, 2.24) is 0 Å². The first kappa shape index (κ1) is 14.2. The van der Waals surface area contributed by atoms with Crippen molar-refractivity contribution in [2.75, 3.05) is 0 Å². The van der Waals surface area contributed by atoms with Gasteiger partial charge in [0.2, 0.25) is 0 Å². The fraction of sp³-hybridized carbons (Fsp3) is 0.429. The molecule has 1 aromatic carbocycles. The zero-order valence-electron chi connectivity index (χ0n) is 11.1. The van der Waals surface area contributed by atoms with Crippen LogP contribution in [-0.4, -0.2) is 22.6 Å². The van der Waals surface area contributed by atoms with Crippen LogP contribution >= 0.6 is 0 Å². The Balaban J connectivity index is 2.80. The van der Waals surface area contributed by atoms with Crippen LogP contribution in [0.2, 0.25) is 0 Å². The molecule has 4 nitrogen and oxygen atoms in total. The maximum Gasteiger partial charge on any atom is 0.335 e. The molecule has 0 aliphatic heterocycles. The summed E-state index contributed by atoms with van der Waals surface area (Å²) in [5.74, 6) is -1.28. The van der Waals surface area contributed by atoms with Gasteiger partial charge in [0.1, 0.15) is 5.60 Å². The van der Waals surface area contributed by atoms with Crippen LogP contribution in [0.4, 0.5) is 0 Å². The summed E-state index contributed by atoms with van der Waals surface area (Å²) in [6.45, 7) is 7.22. The van der Waals surface area contributed by atoms with Crippen LogP contribution in [0.15, 0.2) is 18.2 Å². The first-order valence-corrected chi connectivity index (χ1v) is 5.74. The first-order chi connectivity index (χ1) is 8.19. The van der Waals surface area contributed by atoms with Gasteiger partial charge in [-0.1, -0.05) is 6.07 Å². The molecular weight excluding hydrogens is 232 g/mol. The average molecular weight is 250 g/mol. The largest absolute Gasteiger partial charge is 0.478 e. The lowest BCUT2D eigenvalue weighted by Gasteiger charge is -2.19. The van der Waals surface area contributed by atoms with Crippen molar-refractivity contribution in [3.05, 3.63) is 34.9 Å². The lowest BCUT2D eigenvalue weighted by atomic mass is 10.0. The maximum atomic E-state index is 11.7. The zero-order chi connectivity index (χ0) is 13.9. The Morgan fingerprint density at radius 2 is 1.89 bits per heavy atom. The van der Waals surface area contributed by atoms with Crippen LogP contribution in [0.3, 0.4) is 0 Å². The lowest BCUT2D eigenvalue weighted by Crippen LogP contribution is -2.25. The van der Waals surface area contributed by atoms with E-state index in [9.17, 15) is 9.59 Å². The van der Waals surface area contributed by atoms with E-state index in [0.717, 1.165) is 11.1 Å². The Labute approximate surface area is 107 Å². The number of carboxylic acids is 1. The van der Waals surface area contributed by atoms with Crippen molar-refractivity contribution >= 4 is 11.9 Å². The minimum absolute atomic E-state index is 0.156. The molecule has 0 saturated carbocycles. The quantitative estimate of drug-likeness (QED) is 0.837. The van der Waals surface area contributed by atoms with Gasteiger partial charge in [0.15, 0.2) is 0 Å². The fourth-order valence-corrected chi connectivity index (χ4v) is 1.56. The second kappa shape index (κ2) is 5.21. The monoisotopic (exact) mass is 250 g/mol. The number of esters is 1. The molecule has 0 amide bonds. The Morgan fingerprint density at radius 1 is 1.28 bits per heavy atom. The predicted molar refractivity (Wildman–Crippen MR) is 67.7 cm³/mol. The number of aromatic carboxylic acids is 1. The van der Waals surface area contributed by atoms with E-state index in [0.29, 0.717) is 0 Å². The van der Waals surface area contributed by atoms with E-state index in [1.54, 1.807) is 19.1 Å². The van der Waals surface area contributed by atoms with E-state index in [2.05, 4.69) is 0 Å². The van der Waals surface area contributed by atoms with Gasteiger partial charge in [0, 0.05) is 0 Å². The number of ether oxygens (including phenoxy) is 1. The summed E-state index contributed by atoms with van der Waals surface area (Å²) in [7, 11) is 0. The molecule has 18 heavy (non-hydrogen) atoms. The number of carbonyl (C=O) groups is 2. The van der Waals surface area contributed by atoms with Gasteiger partial charge in [0.25, 0.3) is 0 Å². The van der Waals surface area contributed by atoms with Gasteiger partial charge in [-0.25, -0.2) is 4.79 Å². The highest BCUT2D eigenvalue weighted by molar-refractivity contribution is 5.88. The third-order valence-corrected chi connectivity index (χ3v) is 2.34. The minimum atomic E-state index is -0.970. The molecule has 0 atom stereocenters. The number of hydrogen-bond donors (Lipinski definition) is 1. The lowest BCUT2D eigenvalue weighted by molar-refractivity contribution is -0.153. The Hall–Kier alpha value is -1.84. The van der Waals surface area contributed by atoms with Crippen molar-refractivity contribution in [3.8, 4) is 0 Å². The highest BCUT2D eigenvalue weighted by atomic mass is 16.6. The van der Waals surface area contributed by atoms with Crippen molar-refractivity contribution < 1.29 is 19.4 Å². The molecule has 4 heteroatoms. The van der Waals surface area contributed by atoms with Gasteiger partial charge in [0.05, 0.1) is 12.0 Å². The van der Waals surface area contributed by atoms with Crippen molar-refractivity contribution in [1.29, 1.82) is 0 Å². The van der Waals surface area contributed by atoms with Gasteiger partial charge in [-0.15, -0.1) is 0 Å². The normalized spacial score (nSPS) is 11.1. The molecule has 0 heterocycles. The molecule has 0 saturated heterocycles. The highest BCUT2D eigenvalue weighted by Crippen LogP contribution is 2.15. The summed E-state index contributed by atoms with van der Waals surface area (Å²) in [4.78, 5) is 22.4. The summed E-state index contributed by atoms with van der Waals surface area (Å²) in [5, 5.41) is 8.84. The Morgan fingerprint density at radius 3 is 2.33 bits per heavy atom. The van der Waals surface area contributed by atoms with Crippen LogP contribution < -0.4 is 0 Å². The molecule has 0 aliphatic carbocycles. The third kappa shape index (κ3) is 4.20. The Bertz CT molecular complexity index is 469. The number of rotatable bonds is 3. The fourth-order valence-electron chi connectivity index (χ4n) is 1.56. The van der Waals surface area contributed by atoms with Crippen molar-refractivity contribution in [3.63, 3.8) is 0 Å². The molecule has 1 rings (SSSR count). The number of hydrogen-bond acceptors (Lipinski definition) is 3. The summed E-state index contributed by atoms with van der Waals surface area (Å²) in [5.41, 5.74) is 1.28. The van der Waals surface area contributed by atoms with Crippen LogP contribution in [0.25, 0.3) is 0 Å². The van der Waals surface area contributed by atoms with Gasteiger partial charge >= 0.3 is 11.9 Å². The van der Waals surface area contributed by atoms with Crippen molar-refractivity contribution in [2.24, 2.45) is 0 Å².